The zero-order chi connectivity index (χ0) is 24.7. The molecule has 1 saturated heterocycles. The zero-order valence-corrected chi connectivity index (χ0v) is 22.0. The Morgan fingerprint density at radius 2 is 1.81 bits per heavy atom. The molecule has 9 heteroatoms. The summed E-state index contributed by atoms with van der Waals surface area (Å²) in [5, 5.41) is 3.78. The number of fused-ring (bicyclic) bond motifs is 1. The first-order valence-electron chi connectivity index (χ1n) is 12.6. The number of aryl methyl sites for hydroxylation is 1. The van der Waals surface area contributed by atoms with Gasteiger partial charge in [-0.3, -0.25) is 4.90 Å². The topological polar surface area (TPSA) is 77.3 Å². The number of hydrogen-bond acceptors (Lipinski definition) is 7. The van der Waals surface area contributed by atoms with E-state index in [0.29, 0.717) is 17.6 Å². The van der Waals surface area contributed by atoms with E-state index in [2.05, 4.69) is 16.0 Å². The number of benzene rings is 1. The van der Waals surface area contributed by atoms with E-state index in [1.54, 1.807) is 41.8 Å². The number of morpholine rings is 1. The molecule has 4 aromatic rings. The van der Waals surface area contributed by atoms with Crippen LogP contribution in [0.25, 0.3) is 22.3 Å². The Hall–Kier alpha value is -2.59. The molecule has 1 aromatic carbocycles. The molecule has 36 heavy (non-hydrogen) atoms. The van der Waals surface area contributed by atoms with Crippen molar-refractivity contribution >= 4 is 32.4 Å². The summed E-state index contributed by atoms with van der Waals surface area (Å²) in [6, 6.07) is 11.3. The smallest absolute Gasteiger partial charge is 0.269 e. The lowest BCUT2D eigenvalue weighted by Gasteiger charge is -2.38. The molecule has 2 aliphatic rings. The van der Waals surface area contributed by atoms with Crippen LogP contribution in [0.15, 0.2) is 59.1 Å². The number of pyridine rings is 1. The van der Waals surface area contributed by atoms with Crippen molar-refractivity contribution in [2.45, 2.75) is 49.5 Å². The SMILES string of the molecule is Cc1nc(-c2cn(S(=O)(=O)c3ccccc3)c3ncc([C@H]4CC[C@@H](N5CCOCC5)CC4)cc23)cs1. The summed E-state index contributed by atoms with van der Waals surface area (Å²) in [5.41, 5.74) is 3.24. The van der Waals surface area contributed by atoms with Gasteiger partial charge >= 0.3 is 0 Å². The summed E-state index contributed by atoms with van der Waals surface area (Å²) in [6.45, 7) is 5.69. The molecule has 0 atom stereocenters. The van der Waals surface area contributed by atoms with Crippen LogP contribution in [-0.4, -0.2) is 59.6 Å². The maximum atomic E-state index is 13.6. The summed E-state index contributed by atoms with van der Waals surface area (Å²) >= 11 is 1.56. The summed E-state index contributed by atoms with van der Waals surface area (Å²) in [7, 11) is -3.79. The van der Waals surface area contributed by atoms with E-state index < -0.39 is 10.0 Å². The molecule has 0 amide bonds. The predicted octanol–water partition coefficient (Wildman–Crippen LogP) is 5.06. The average molecular weight is 523 g/mol. The number of thiazole rings is 1. The fourth-order valence-corrected chi connectivity index (χ4v) is 7.57. The van der Waals surface area contributed by atoms with Gasteiger partial charge in [-0.15, -0.1) is 11.3 Å². The third kappa shape index (κ3) is 4.38. The van der Waals surface area contributed by atoms with E-state index in [4.69, 9.17) is 9.72 Å². The van der Waals surface area contributed by atoms with Crippen LogP contribution in [0.2, 0.25) is 0 Å². The van der Waals surface area contributed by atoms with Crippen LogP contribution in [0.1, 0.15) is 42.2 Å². The second kappa shape index (κ2) is 9.70. The third-order valence-electron chi connectivity index (χ3n) is 7.56. The molecule has 1 aliphatic heterocycles. The second-order valence-electron chi connectivity index (χ2n) is 9.70. The van der Waals surface area contributed by atoms with Crippen molar-refractivity contribution in [1.29, 1.82) is 0 Å². The van der Waals surface area contributed by atoms with Crippen molar-refractivity contribution in [1.82, 2.24) is 18.8 Å². The van der Waals surface area contributed by atoms with Gasteiger partial charge in [0.15, 0.2) is 5.65 Å². The zero-order valence-electron chi connectivity index (χ0n) is 20.3. The maximum absolute atomic E-state index is 13.6. The number of nitrogens with zero attached hydrogens (tertiary/aromatic N) is 4. The Bertz CT molecular complexity index is 1470. The van der Waals surface area contributed by atoms with Gasteiger partial charge in [0.1, 0.15) is 0 Å². The first-order valence-corrected chi connectivity index (χ1v) is 14.9. The minimum Gasteiger partial charge on any atom is -0.379 e. The minimum absolute atomic E-state index is 0.246. The van der Waals surface area contributed by atoms with Gasteiger partial charge < -0.3 is 4.74 Å². The van der Waals surface area contributed by atoms with Gasteiger partial charge in [-0.25, -0.2) is 22.4 Å². The lowest BCUT2D eigenvalue weighted by Crippen LogP contribution is -2.44. The number of hydrogen-bond donors (Lipinski definition) is 0. The highest BCUT2D eigenvalue weighted by Gasteiger charge is 2.29. The molecule has 0 N–H and O–H groups in total. The van der Waals surface area contributed by atoms with Crippen LogP contribution >= 0.6 is 11.3 Å². The summed E-state index contributed by atoms with van der Waals surface area (Å²) in [6.07, 6.45) is 8.14. The lowest BCUT2D eigenvalue weighted by molar-refractivity contribution is 0.00729. The van der Waals surface area contributed by atoms with E-state index in [1.165, 1.54) is 22.4 Å². The summed E-state index contributed by atoms with van der Waals surface area (Å²) in [4.78, 5) is 12.2. The molecule has 0 unspecified atom stereocenters. The Balaban J connectivity index is 1.36. The number of aromatic nitrogens is 3. The Labute approximate surface area is 215 Å². The Morgan fingerprint density at radius 1 is 1.06 bits per heavy atom. The van der Waals surface area contributed by atoms with Gasteiger partial charge in [0.25, 0.3) is 10.0 Å². The number of ether oxygens (including phenoxy) is 1. The summed E-state index contributed by atoms with van der Waals surface area (Å²) < 4.78 is 34.0. The van der Waals surface area contributed by atoms with E-state index in [-0.39, 0.29) is 4.90 Å². The van der Waals surface area contributed by atoms with Crippen molar-refractivity contribution < 1.29 is 13.2 Å². The highest BCUT2D eigenvalue weighted by Crippen LogP contribution is 2.38. The molecule has 188 valence electrons. The Kier molecular flexibility index (Phi) is 6.41. The van der Waals surface area contributed by atoms with Gasteiger partial charge in [0.05, 0.1) is 28.8 Å². The van der Waals surface area contributed by atoms with E-state index in [1.807, 2.05) is 24.6 Å². The lowest BCUT2D eigenvalue weighted by atomic mass is 9.81. The molecule has 0 spiro atoms. The van der Waals surface area contributed by atoms with Crippen LogP contribution < -0.4 is 0 Å². The van der Waals surface area contributed by atoms with Gasteiger partial charge in [0.2, 0.25) is 0 Å². The first kappa shape index (κ1) is 23.8. The molecule has 6 rings (SSSR count). The Morgan fingerprint density at radius 3 is 2.50 bits per heavy atom. The molecule has 4 heterocycles. The van der Waals surface area contributed by atoms with Crippen LogP contribution in [0.4, 0.5) is 0 Å². The molecular weight excluding hydrogens is 492 g/mol. The van der Waals surface area contributed by atoms with Crippen molar-refractivity contribution in [3.05, 3.63) is 64.7 Å². The van der Waals surface area contributed by atoms with Crippen LogP contribution in [0, 0.1) is 6.92 Å². The normalized spacial score (nSPS) is 21.7. The quantitative estimate of drug-likeness (QED) is 0.365. The van der Waals surface area contributed by atoms with Crippen LogP contribution in [0.3, 0.4) is 0 Å². The van der Waals surface area contributed by atoms with Gasteiger partial charge in [-0.1, -0.05) is 18.2 Å². The van der Waals surface area contributed by atoms with Crippen LogP contribution in [-0.2, 0) is 14.8 Å². The minimum atomic E-state index is -3.79. The second-order valence-corrected chi connectivity index (χ2v) is 12.6. The monoisotopic (exact) mass is 522 g/mol. The molecule has 7 nitrogen and oxygen atoms in total. The standard InChI is InChI=1S/C27H30N4O3S2/c1-19-29-26(18-35-19)25-17-31(36(32,33)23-5-3-2-4-6-23)27-24(25)15-21(16-28-27)20-7-9-22(10-8-20)30-11-13-34-14-12-30/h2-6,15-18,20,22H,7-14H2,1H3/t20-,22+. The van der Waals surface area contributed by atoms with Crippen molar-refractivity contribution in [2.75, 3.05) is 26.3 Å². The molecule has 2 fully saturated rings. The van der Waals surface area contributed by atoms with E-state index in [0.717, 1.165) is 60.8 Å². The highest BCUT2D eigenvalue weighted by molar-refractivity contribution is 7.90. The fraction of sp³-hybridized carbons (Fsp3) is 0.407. The summed E-state index contributed by atoms with van der Waals surface area (Å²) in [5.74, 6) is 0.429. The molecular formula is C27H30N4O3S2. The van der Waals surface area contributed by atoms with Crippen LogP contribution in [0.5, 0.6) is 0 Å². The van der Waals surface area contributed by atoms with E-state index >= 15 is 0 Å². The van der Waals surface area contributed by atoms with E-state index in [9.17, 15) is 8.42 Å². The molecule has 1 saturated carbocycles. The first-order chi connectivity index (χ1) is 17.5. The predicted molar refractivity (Wildman–Crippen MR) is 142 cm³/mol. The molecule has 1 aliphatic carbocycles. The van der Waals surface area contributed by atoms with Gasteiger partial charge in [-0.05, 0) is 62.3 Å². The van der Waals surface area contributed by atoms with Crippen molar-refractivity contribution in [3.63, 3.8) is 0 Å². The highest BCUT2D eigenvalue weighted by atomic mass is 32.2. The van der Waals surface area contributed by atoms with Gasteiger partial charge in [0, 0.05) is 47.9 Å². The fourth-order valence-electron chi connectivity index (χ4n) is 5.62. The van der Waals surface area contributed by atoms with Gasteiger partial charge in [-0.2, -0.15) is 0 Å². The average Bonchev–Trinajstić information content (AvgIpc) is 3.53. The largest absolute Gasteiger partial charge is 0.379 e. The molecule has 0 radical (unpaired) electrons. The third-order valence-corrected chi connectivity index (χ3v) is 10.00. The van der Waals surface area contributed by atoms with Crippen molar-refractivity contribution in [3.8, 4) is 11.3 Å². The van der Waals surface area contributed by atoms with Crippen molar-refractivity contribution in [2.24, 2.45) is 0 Å². The molecule has 0 bridgehead atoms. The number of rotatable bonds is 5. The maximum Gasteiger partial charge on any atom is 0.269 e. The molecule has 3 aromatic heterocycles.